The average Bonchev–Trinajstić information content (AvgIpc) is 2.44. The van der Waals surface area contributed by atoms with E-state index in [-0.39, 0.29) is 0 Å². The summed E-state index contributed by atoms with van der Waals surface area (Å²) < 4.78 is 5.51. The highest BCUT2D eigenvalue weighted by molar-refractivity contribution is 6.30. The number of halogens is 1. The zero-order chi connectivity index (χ0) is 13.5. The number of benzene rings is 1. The highest BCUT2D eigenvalue weighted by Crippen LogP contribution is 2.19. The largest absolute Gasteiger partial charge is 0.424 e. The first-order valence-electron chi connectivity index (χ1n) is 6.23. The molecular weight excluding hydrogens is 262 g/mol. The summed E-state index contributed by atoms with van der Waals surface area (Å²) in [5.74, 6) is 0.668. The van der Waals surface area contributed by atoms with Crippen molar-refractivity contribution < 1.29 is 4.74 Å². The second-order valence-corrected chi connectivity index (χ2v) is 4.54. The van der Waals surface area contributed by atoms with Crippen molar-refractivity contribution >= 4 is 11.6 Å². The summed E-state index contributed by atoms with van der Waals surface area (Å²) in [7, 11) is 0. The molecular formula is C14H16ClN3O. The Morgan fingerprint density at radius 3 is 2.47 bits per heavy atom. The molecule has 0 aliphatic heterocycles. The van der Waals surface area contributed by atoms with Crippen molar-refractivity contribution in [3.8, 4) is 11.8 Å². The summed E-state index contributed by atoms with van der Waals surface area (Å²) >= 11 is 5.80. The highest BCUT2D eigenvalue weighted by atomic mass is 35.5. The summed E-state index contributed by atoms with van der Waals surface area (Å²) in [5.41, 5.74) is 1.04. The van der Waals surface area contributed by atoms with Gasteiger partial charge in [0.1, 0.15) is 5.75 Å². The van der Waals surface area contributed by atoms with Gasteiger partial charge >= 0.3 is 6.01 Å². The molecule has 1 aromatic heterocycles. The Kier molecular flexibility index (Phi) is 5.12. The highest BCUT2D eigenvalue weighted by Gasteiger charge is 2.01. The van der Waals surface area contributed by atoms with Crippen molar-refractivity contribution in [3.05, 3.63) is 47.2 Å². The molecule has 0 saturated heterocycles. The predicted molar refractivity (Wildman–Crippen MR) is 75.6 cm³/mol. The number of rotatable bonds is 6. The maximum Gasteiger partial charge on any atom is 0.321 e. The minimum atomic E-state index is 0.335. The van der Waals surface area contributed by atoms with E-state index in [2.05, 4.69) is 22.2 Å². The quantitative estimate of drug-likeness (QED) is 0.822. The molecule has 0 bridgehead atoms. The van der Waals surface area contributed by atoms with E-state index in [1.54, 1.807) is 36.7 Å². The van der Waals surface area contributed by atoms with Gasteiger partial charge in [-0.3, -0.25) is 0 Å². The molecule has 2 aromatic rings. The van der Waals surface area contributed by atoms with E-state index in [0.29, 0.717) is 16.8 Å². The van der Waals surface area contributed by atoms with Crippen LogP contribution in [0.25, 0.3) is 0 Å². The van der Waals surface area contributed by atoms with Gasteiger partial charge in [0.25, 0.3) is 0 Å². The van der Waals surface area contributed by atoms with Gasteiger partial charge in [-0.05, 0) is 37.2 Å². The van der Waals surface area contributed by atoms with Gasteiger partial charge in [0, 0.05) is 29.5 Å². The second-order valence-electron chi connectivity index (χ2n) is 4.11. The fraction of sp³-hybridized carbons (Fsp3) is 0.286. The summed E-state index contributed by atoms with van der Waals surface area (Å²) in [5, 5.41) is 3.96. The second kappa shape index (κ2) is 7.07. The van der Waals surface area contributed by atoms with Crippen molar-refractivity contribution in [1.82, 2.24) is 15.3 Å². The molecule has 0 aliphatic rings. The molecule has 100 valence electrons. The van der Waals surface area contributed by atoms with E-state index in [4.69, 9.17) is 16.3 Å². The van der Waals surface area contributed by atoms with Crippen LogP contribution in [0.2, 0.25) is 5.02 Å². The summed E-state index contributed by atoms with van der Waals surface area (Å²) in [4.78, 5) is 8.34. The van der Waals surface area contributed by atoms with Gasteiger partial charge in [0.05, 0.1) is 0 Å². The van der Waals surface area contributed by atoms with Gasteiger partial charge in [-0.2, -0.15) is 0 Å². The van der Waals surface area contributed by atoms with Crippen LogP contribution >= 0.6 is 11.6 Å². The lowest BCUT2D eigenvalue weighted by Crippen LogP contribution is -2.14. The first-order chi connectivity index (χ1) is 9.28. The standard InChI is InChI=1S/C14H16ClN3O/c1-2-7-16-8-11-9-17-14(18-10-11)19-13-5-3-12(15)4-6-13/h3-6,9-10,16H,2,7-8H2,1H3. The third kappa shape index (κ3) is 4.50. The molecule has 4 nitrogen and oxygen atoms in total. The molecule has 0 spiro atoms. The number of ether oxygens (including phenoxy) is 1. The van der Waals surface area contributed by atoms with Crippen LogP contribution in [0, 0.1) is 0 Å². The first kappa shape index (κ1) is 13.8. The van der Waals surface area contributed by atoms with Crippen molar-refractivity contribution in [2.75, 3.05) is 6.54 Å². The van der Waals surface area contributed by atoms with E-state index >= 15 is 0 Å². The Balaban J connectivity index is 1.92. The number of nitrogens with zero attached hydrogens (tertiary/aromatic N) is 2. The predicted octanol–water partition coefficient (Wildman–Crippen LogP) is 3.42. The van der Waals surface area contributed by atoms with Crippen molar-refractivity contribution in [1.29, 1.82) is 0 Å². The molecule has 0 unspecified atom stereocenters. The van der Waals surface area contributed by atoms with Gasteiger partial charge in [0.2, 0.25) is 0 Å². The van der Waals surface area contributed by atoms with Crippen molar-refractivity contribution in [3.63, 3.8) is 0 Å². The molecule has 0 atom stereocenters. The topological polar surface area (TPSA) is 47.0 Å². The normalized spacial score (nSPS) is 10.4. The number of aromatic nitrogens is 2. The van der Waals surface area contributed by atoms with Gasteiger partial charge in [-0.25, -0.2) is 9.97 Å². The molecule has 1 aromatic carbocycles. The van der Waals surface area contributed by atoms with Crippen LogP contribution in [0.4, 0.5) is 0 Å². The third-order valence-electron chi connectivity index (χ3n) is 2.46. The molecule has 0 saturated carbocycles. The Morgan fingerprint density at radius 2 is 1.84 bits per heavy atom. The molecule has 1 N–H and O–H groups in total. The van der Waals surface area contributed by atoms with E-state index in [9.17, 15) is 0 Å². The minimum absolute atomic E-state index is 0.335. The smallest absolute Gasteiger partial charge is 0.321 e. The van der Waals surface area contributed by atoms with Gasteiger partial charge in [-0.15, -0.1) is 0 Å². The van der Waals surface area contributed by atoms with Gasteiger partial charge < -0.3 is 10.1 Å². The molecule has 1 heterocycles. The monoisotopic (exact) mass is 277 g/mol. The van der Waals surface area contributed by atoms with Crippen molar-refractivity contribution in [2.45, 2.75) is 19.9 Å². The Morgan fingerprint density at radius 1 is 1.16 bits per heavy atom. The van der Waals surface area contributed by atoms with Gasteiger partial charge in [0.15, 0.2) is 0 Å². The van der Waals surface area contributed by atoms with Crippen molar-refractivity contribution in [2.24, 2.45) is 0 Å². The minimum Gasteiger partial charge on any atom is -0.424 e. The first-order valence-corrected chi connectivity index (χ1v) is 6.61. The van der Waals surface area contributed by atoms with Crippen LogP contribution in [0.1, 0.15) is 18.9 Å². The maximum atomic E-state index is 5.80. The molecule has 0 fully saturated rings. The molecule has 0 radical (unpaired) electrons. The lowest BCUT2D eigenvalue weighted by Gasteiger charge is -2.05. The third-order valence-corrected chi connectivity index (χ3v) is 2.71. The van der Waals surface area contributed by atoms with Crippen LogP contribution in [0.15, 0.2) is 36.7 Å². The molecule has 2 rings (SSSR count). The number of hydrogen-bond donors (Lipinski definition) is 1. The van der Waals surface area contributed by atoms with Crippen LogP contribution in [-0.2, 0) is 6.54 Å². The Hall–Kier alpha value is -1.65. The Labute approximate surface area is 117 Å². The van der Waals surface area contributed by atoms with E-state index in [0.717, 1.165) is 25.1 Å². The summed E-state index contributed by atoms with van der Waals surface area (Å²) in [6, 6.07) is 7.42. The van der Waals surface area contributed by atoms with Crippen LogP contribution < -0.4 is 10.1 Å². The SMILES string of the molecule is CCCNCc1cnc(Oc2ccc(Cl)cc2)nc1. The average molecular weight is 278 g/mol. The molecule has 19 heavy (non-hydrogen) atoms. The van der Waals surface area contributed by atoms with Crippen LogP contribution in [0.3, 0.4) is 0 Å². The van der Waals surface area contributed by atoms with E-state index < -0.39 is 0 Å². The maximum absolute atomic E-state index is 5.80. The lowest BCUT2D eigenvalue weighted by atomic mass is 10.3. The fourth-order valence-corrected chi connectivity index (χ4v) is 1.63. The summed E-state index contributed by atoms with van der Waals surface area (Å²) in [6.07, 6.45) is 4.64. The summed E-state index contributed by atoms with van der Waals surface area (Å²) in [6.45, 7) is 3.89. The number of nitrogens with one attached hydrogen (secondary N) is 1. The molecule has 0 amide bonds. The zero-order valence-electron chi connectivity index (χ0n) is 10.8. The Bertz CT molecular complexity index is 499. The van der Waals surface area contributed by atoms with E-state index in [1.807, 2.05) is 0 Å². The number of hydrogen-bond acceptors (Lipinski definition) is 4. The lowest BCUT2D eigenvalue weighted by molar-refractivity contribution is 0.440. The fourth-order valence-electron chi connectivity index (χ4n) is 1.50. The molecule has 5 heteroatoms. The molecule has 0 aliphatic carbocycles. The van der Waals surface area contributed by atoms with E-state index in [1.165, 1.54) is 0 Å². The van der Waals surface area contributed by atoms with Crippen LogP contribution in [0.5, 0.6) is 11.8 Å². The van der Waals surface area contributed by atoms with Gasteiger partial charge in [-0.1, -0.05) is 18.5 Å². The van der Waals surface area contributed by atoms with Crippen LogP contribution in [-0.4, -0.2) is 16.5 Å². The zero-order valence-corrected chi connectivity index (χ0v) is 11.5.